The van der Waals surface area contributed by atoms with Gasteiger partial charge in [-0.25, -0.2) is 0 Å². The number of hydrogen-bond acceptors (Lipinski definition) is 4. The third kappa shape index (κ3) is 4.28. The minimum atomic E-state index is -0.358. The van der Waals surface area contributed by atoms with E-state index in [1.165, 1.54) is 6.07 Å². The Kier molecular flexibility index (Phi) is 6.10. The minimum Gasteiger partial charge on any atom is -0.395 e. The third-order valence-corrected chi connectivity index (χ3v) is 3.47. The van der Waals surface area contributed by atoms with E-state index in [4.69, 9.17) is 0 Å². The molecule has 0 heterocycles. The Morgan fingerprint density at radius 3 is 2.50 bits per heavy atom. The molecule has 1 aromatic rings. The van der Waals surface area contributed by atoms with Crippen LogP contribution in [0.5, 0.6) is 0 Å². The van der Waals surface area contributed by atoms with Crippen LogP contribution in [0.25, 0.3) is 0 Å². The van der Waals surface area contributed by atoms with Gasteiger partial charge in [0.1, 0.15) is 0 Å². The van der Waals surface area contributed by atoms with E-state index in [2.05, 4.69) is 19.2 Å². The quantitative estimate of drug-likeness (QED) is 0.594. The first-order valence-electron chi connectivity index (χ1n) is 6.97. The molecule has 2 N–H and O–H groups in total. The molecule has 112 valence electrons. The zero-order valence-electron chi connectivity index (χ0n) is 12.6. The Bertz CT molecular complexity index is 460. The molecular formula is C15H24N2O3. The summed E-state index contributed by atoms with van der Waals surface area (Å²) >= 11 is 0. The van der Waals surface area contributed by atoms with Crippen molar-refractivity contribution >= 4 is 5.69 Å². The first-order valence-corrected chi connectivity index (χ1v) is 6.97. The molecule has 0 saturated carbocycles. The van der Waals surface area contributed by atoms with Gasteiger partial charge in [-0.15, -0.1) is 0 Å². The van der Waals surface area contributed by atoms with Crippen molar-refractivity contribution in [1.82, 2.24) is 5.32 Å². The number of nitro benzene ring substituents is 1. The lowest BCUT2D eigenvalue weighted by Gasteiger charge is -2.24. The number of aliphatic hydroxyl groups excluding tert-OH is 1. The monoisotopic (exact) mass is 280 g/mol. The largest absolute Gasteiger partial charge is 0.395 e. The molecule has 0 radical (unpaired) electrons. The van der Waals surface area contributed by atoms with E-state index in [9.17, 15) is 15.2 Å². The maximum atomic E-state index is 11.0. The topological polar surface area (TPSA) is 75.4 Å². The Balaban J connectivity index is 2.89. The fraction of sp³-hybridized carbons (Fsp3) is 0.600. The van der Waals surface area contributed by atoms with E-state index in [1.807, 2.05) is 13.0 Å². The predicted molar refractivity (Wildman–Crippen MR) is 79.7 cm³/mol. The fourth-order valence-electron chi connectivity index (χ4n) is 2.52. The zero-order chi connectivity index (χ0) is 15.3. The van der Waals surface area contributed by atoms with Crippen molar-refractivity contribution in [3.05, 3.63) is 39.4 Å². The number of benzene rings is 1. The number of rotatable bonds is 7. The second-order valence-electron chi connectivity index (χ2n) is 5.65. The van der Waals surface area contributed by atoms with Crippen LogP contribution in [0, 0.1) is 23.0 Å². The van der Waals surface area contributed by atoms with Crippen LogP contribution in [0.4, 0.5) is 5.69 Å². The van der Waals surface area contributed by atoms with Gasteiger partial charge in [-0.2, -0.15) is 0 Å². The maximum absolute atomic E-state index is 11.0. The average Bonchev–Trinajstić information content (AvgIpc) is 2.37. The lowest BCUT2D eigenvalue weighted by molar-refractivity contribution is -0.385. The van der Waals surface area contributed by atoms with Gasteiger partial charge in [0.25, 0.3) is 5.69 Å². The molecule has 0 saturated heterocycles. The normalized spacial score (nSPS) is 14.3. The fourth-order valence-corrected chi connectivity index (χ4v) is 2.52. The SMILES string of the molecule is Cc1c(C(C)NC(CO)CC(C)C)cccc1[N+](=O)[O-]. The molecule has 0 aliphatic heterocycles. The summed E-state index contributed by atoms with van der Waals surface area (Å²) in [7, 11) is 0. The minimum absolute atomic E-state index is 0.00339. The van der Waals surface area contributed by atoms with E-state index in [1.54, 1.807) is 13.0 Å². The second-order valence-corrected chi connectivity index (χ2v) is 5.65. The average molecular weight is 280 g/mol. The van der Waals surface area contributed by atoms with Gasteiger partial charge < -0.3 is 10.4 Å². The number of aliphatic hydroxyl groups is 1. The van der Waals surface area contributed by atoms with Crippen LogP contribution in [0.15, 0.2) is 18.2 Å². The Morgan fingerprint density at radius 1 is 1.35 bits per heavy atom. The van der Waals surface area contributed by atoms with Crippen molar-refractivity contribution in [2.75, 3.05) is 6.61 Å². The number of nitro groups is 1. The third-order valence-electron chi connectivity index (χ3n) is 3.47. The highest BCUT2D eigenvalue weighted by molar-refractivity contribution is 5.45. The van der Waals surface area contributed by atoms with Gasteiger partial charge in [0.2, 0.25) is 0 Å². The first-order chi connectivity index (χ1) is 9.36. The summed E-state index contributed by atoms with van der Waals surface area (Å²) in [6, 6.07) is 5.08. The van der Waals surface area contributed by atoms with Gasteiger partial charge in [-0.1, -0.05) is 26.0 Å². The van der Waals surface area contributed by atoms with Gasteiger partial charge in [-0.3, -0.25) is 10.1 Å². The van der Waals surface area contributed by atoms with E-state index in [0.717, 1.165) is 12.0 Å². The van der Waals surface area contributed by atoms with Gasteiger partial charge >= 0.3 is 0 Å². The molecule has 1 rings (SSSR count). The van der Waals surface area contributed by atoms with Gasteiger partial charge in [0.15, 0.2) is 0 Å². The molecule has 0 aliphatic carbocycles. The van der Waals surface area contributed by atoms with E-state index in [0.29, 0.717) is 11.5 Å². The lowest BCUT2D eigenvalue weighted by Crippen LogP contribution is -2.35. The van der Waals surface area contributed by atoms with E-state index in [-0.39, 0.29) is 29.3 Å². The lowest BCUT2D eigenvalue weighted by atomic mass is 9.98. The van der Waals surface area contributed by atoms with Crippen LogP contribution < -0.4 is 5.32 Å². The molecule has 0 spiro atoms. The Labute approximate surface area is 120 Å². The predicted octanol–water partition coefficient (Wildman–Crippen LogP) is 2.96. The molecule has 1 aromatic carbocycles. The summed E-state index contributed by atoms with van der Waals surface area (Å²) in [6.45, 7) is 8.01. The Hall–Kier alpha value is -1.46. The van der Waals surface area contributed by atoms with Crippen LogP contribution >= 0.6 is 0 Å². The molecule has 5 heteroatoms. The highest BCUT2D eigenvalue weighted by Crippen LogP contribution is 2.26. The first kappa shape index (κ1) is 16.6. The molecule has 0 aromatic heterocycles. The number of nitrogens with zero attached hydrogens (tertiary/aromatic N) is 1. The van der Waals surface area contributed by atoms with Gasteiger partial charge in [0, 0.05) is 23.7 Å². The van der Waals surface area contributed by atoms with Crippen LogP contribution in [-0.2, 0) is 0 Å². The van der Waals surface area contributed by atoms with Crippen molar-refractivity contribution in [3.63, 3.8) is 0 Å². The Morgan fingerprint density at radius 2 is 2.00 bits per heavy atom. The smallest absolute Gasteiger partial charge is 0.272 e. The summed E-state index contributed by atoms with van der Waals surface area (Å²) in [5.41, 5.74) is 1.72. The van der Waals surface area contributed by atoms with Crippen LogP contribution in [-0.4, -0.2) is 22.7 Å². The van der Waals surface area contributed by atoms with Crippen molar-refractivity contribution in [1.29, 1.82) is 0 Å². The molecule has 2 unspecified atom stereocenters. The van der Waals surface area contributed by atoms with Crippen molar-refractivity contribution in [2.24, 2.45) is 5.92 Å². The highest BCUT2D eigenvalue weighted by atomic mass is 16.6. The maximum Gasteiger partial charge on any atom is 0.272 e. The van der Waals surface area contributed by atoms with Crippen LogP contribution in [0.1, 0.15) is 44.4 Å². The molecule has 20 heavy (non-hydrogen) atoms. The summed E-state index contributed by atoms with van der Waals surface area (Å²) in [4.78, 5) is 10.6. The van der Waals surface area contributed by atoms with Crippen LogP contribution in [0.3, 0.4) is 0 Å². The molecule has 0 aliphatic rings. The summed E-state index contributed by atoms with van der Waals surface area (Å²) in [6.07, 6.45) is 0.870. The molecule has 5 nitrogen and oxygen atoms in total. The summed E-state index contributed by atoms with van der Waals surface area (Å²) in [5, 5.41) is 23.7. The van der Waals surface area contributed by atoms with Gasteiger partial charge in [-0.05, 0) is 31.7 Å². The molecule has 0 amide bonds. The second kappa shape index (κ2) is 7.36. The molecule has 2 atom stereocenters. The van der Waals surface area contributed by atoms with E-state index < -0.39 is 0 Å². The summed E-state index contributed by atoms with van der Waals surface area (Å²) in [5.74, 6) is 0.484. The highest BCUT2D eigenvalue weighted by Gasteiger charge is 2.19. The van der Waals surface area contributed by atoms with Crippen molar-refractivity contribution < 1.29 is 10.0 Å². The molecule has 0 fully saturated rings. The van der Waals surface area contributed by atoms with Crippen molar-refractivity contribution in [3.8, 4) is 0 Å². The van der Waals surface area contributed by atoms with Gasteiger partial charge in [0.05, 0.1) is 11.5 Å². The number of hydrogen-bond donors (Lipinski definition) is 2. The number of nitrogens with one attached hydrogen (secondary N) is 1. The van der Waals surface area contributed by atoms with Crippen LogP contribution in [0.2, 0.25) is 0 Å². The standard InChI is InChI=1S/C15H24N2O3/c1-10(2)8-13(9-18)16-12(4)14-6-5-7-15(11(14)3)17(19)20/h5-7,10,12-13,16,18H,8-9H2,1-4H3. The molecular weight excluding hydrogens is 256 g/mol. The van der Waals surface area contributed by atoms with Crippen molar-refractivity contribution in [2.45, 2.75) is 46.2 Å². The zero-order valence-corrected chi connectivity index (χ0v) is 12.6. The summed E-state index contributed by atoms with van der Waals surface area (Å²) < 4.78 is 0. The van der Waals surface area contributed by atoms with E-state index >= 15 is 0 Å². The molecule has 0 bridgehead atoms.